The third-order valence-corrected chi connectivity index (χ3v) is 8.04. The molecule has 4 aromatic rings. The monoisotopic (exact) mass is 624 g/mol. The molecule has 0 amide bonds. The summed E-state index contributed by atoms with van der Waals surface area (Å²) in [7, 11) is 5.43. The largest absolute Gasteiger partial charge is 0.347 e. The zero-order chi connectivity index (χ0) is 34.3. The summed E-state index contributed by atoms with van der Waals surface area (Å²) in [4.78, 5) is 31.3. The normalized spacial score (nSPS) is 11.8. The molecule has 0 atom stereocenters. The lowest BCUT2D eigenvalue weighted by molar-refractivity contribution is 0.574. The molecule has 0 spiro atoms. The first-order valence-electron chi connectivity index (χ1n) is 14.9. The fourth-order valence-electron chi connectivity index (χ4n) is 3.45. The molecule has 0 N–H and O–H groups in total. The molecule has 0 unspecified atom stereocenters. The van der Waals surface area contributed by atoms with Crippen LogP contribution in [0.3, 0.4) is 0 Å². The zero-order valence-electron chi connectivity index (χ0n) is 30.0. The first kappa shape index (κ1) is 38.7. The van der Waals surface area contributed by atoms with E-state index in [9.17, 15) is 9.59 Å². The molecule has 0 aliphatic carbocycles. The van der Waals surface area contributed by atoms with Crippen molar-refractivity contribution in [3.8, 4) is 0 Å². The number of aromatic nitrogens is 6. The van der Waals surface area contributed by atoms with Crippen LogP contribution in [-0.4, -0.2) is 28.9 Å². The van der Waals surface area contributed by atoms with E-state index < -0.39 is 0 Å². The van der Waals surface area contributed by atoms with Gasteiger partial charge in [0.15, 0.2) is 0 Å². The highest BCUT2D eigenvalue weighted by Gasteiger charge is 2.17. The van der Waals surface area contributed by atoms with Crippen molar-refractivity contribution in [3.05, 3.63) is 96.7 Å². The van der Waals surface area contributed by atoms with Crippen LogP contribution < -0.4 is 11.2 Å². The van der Waals surface area contributed by atoms with Crippen molar-refractivity contribution < 1.29 is 0 Å². The van der Waals surface area contributed by atoms with Gasteiger partial charge < -0.3 is 9.13 Å². The molecular formula is C35H56N6O2S. The minimum absolute atomic E-state index is 0.0444. The summed E-state index contributed by atoms with van der Waals surface area (Å²) >= 11 is 1.78. The predicted octanol–water partition coefficient (Wildman–Crippen LogP) is 7.23. The SMILES string of the molecule is Cc1ncc(C(C)(C)C)s1.Cn1cc(C(C)(C)C)ccc1=O.Cn1cc(C(C)(C)C)cn1.Cn1cc(C(C)(C)C)cnc1=O. The van der Waals surface area contributed by atoms with E-state index in [1.807, 2.05) is 49.5 Å². The van der Waals surface area contributed by atoms with Crippen LogP contribution in [0.15, 0.2) is 58.9 Å². The van der Waals surface area contributed by atoms with Gasteiger partial charge in [0.05, 0.1) is 11.2 Å². The minimum atomic E-state index is -0.206. The van der Waals surface area contributed by atoms with Crippen molar-refractivity contribution in [1.29, 1.82) is 0 Å². The Morgan fingerprint density at radius 2 is 1.09 bits per heavy atom. The first-order chi connectivity index (χ1) is 19.8. The van der Waals surface area contributed by atoms with Gasteiger partial charge in [0.2, 0.25) is 5.56 Å². The second-order valence-electron chi connectivity index (χ2n) is 15.2. The fraction of sp³-hybridized carbons (Fsp3) is 0.571. The Morgan fingerprint density at radius 1 is 0.591 bits per heavy atom. The fourth-order valence-corrected chi connectivity index (χ4v) is 4.29. The van der Waals surface area contributed by atoms with Gasteiger partial charge in [-0.25, -0.2) is 14.8 Å². The van der Waals surface area contributed by atoms with E-state index in [-0.39, 0.29) is 32.9 Å². The minimum Gasteiger partial charge on any atom is -0.318 e. The van der Waals surface area contributed by atoms with Gasteiger partial charge in [0.1, 0.15) is 0 Å². The van der Waals surface area contributed by atoms with Crippen LogP contribution in [0, 0.1) is 6.92 Å². The van der Waals surface area contributed by atoms with Crippen LogP contribution in [0.1, 0.15) is 110 Å². The van der Waals surface area contributed by atoms with Crippen molar-refractivity contribution >= 4 is 11.3 Å². The van der Waals surface area contributed by atoms with E-state index in [0.29, 0.717) is 0 Å². The summed E-state index contributed by atoms with van der Waals surface area (Å²) in [5, 5.41) is 5.26. The van der Waals surface area contributed by atoms with Crippen LogP contribution in [0.5, 0.6) is 0 Å². The van der Waals surface area contributed by atoms with Gasteiger partial charge in [-0.05, 0) is 45.3 Å². The maximum atomic E-state index is 11.1. The number of hydrogen-bond acceptors (Lipinski definition) is 6. The predicted molar refractivity (Wildman–Crippen MR) is 186 cm³/mol. The van der Waals surface area contributed by atoms with E-state index in [2.05, 4.69) is 104 Å². The number of pyridine rings is 1. The highest BCUT2D eigenvalue weighted by Crippen LogP contribution is 2.27. The topological polar surface area (TPSA) is 87.6 Å². The molecule has 0 radical (unpaired) electrons. The van der Waals surface area contributed by atoms with E-state index in [1.165, 1.54) is 20.6 Å². The smallest absolute Gasteiger partial charge is 0.318 e. The molecule has 244 valence electrons. The summed E-state index contributed by atoms with van der Waals surface area (Å²) in [6.07, 6.45) is 11.3. The van der Waals surface area contributed by atoms with Crippen molar-refractivity contribution in [3.63, 3.8) is 0 Å². The Hall–Kier alpha value is -3.33. The molecule has 4 rings (SSSR count). The molecule has 4 heterocycles. The Balaban J connectivity index is 0.000000294. The average molecular weight is 625 g/mol. The molecule has 0 aliphatic rings. The lowest BCUT2D eigenvalue weighted by Gasteiger charge is -2.19. The van der Waals surface area contributed by atoms with Crippen LogP contribution >= 0.6 is 11.3 Å². The van der Waals surface area contributed by atoms with E-state index in [4.69, 9.17) is 0 Å². The van der Waals surface area contributed by atoms with Gasteiger partial charge in [-0.3, -0.25) is 9.48 Å². The van der Waals surface area contributed by atoms with Crippen LogP contribution in [0.4, 0.5) is 0 Å². The molecule has 0 aliphatic heterocycles. The second kappa shape index (κ2) is 15.1. The molecule has 4 aromatic heterocycles. The summed E-state index contributed by atoms with van der Waals surface area (Å²) in [5.41, 5.74) is 4.06. The summed E-state index contributed by atoms with van der Waals surface area (Å²) in [6.45, 7) is 27.9. The number of thiazole rings is 1. The molecular weight excluding hydrogens is 568 g/mol. The number of hydrogen-bond donors (Lipinski definition) is 0. The third kappa shape index (κ3) is 13.1. The third-order valence-electron chi connectivity index (χ3n) is 6.70. The molecule has 0 aromatic carbocycles. The summed E-state index contributed by atoms with van der Waals surface area (Å²) < 4.78 is 4.95. The number of aryl methyl sites for hydroxylation is 4. The van der Waals surface area contributed by atoms with E-state index in [0.717, 1.165) is 10.6 Å². The molecule has 0 saturated heterocycles. The highest BCUT2D eigenvalue weighted by molar-refractivity contribution is 7.11. The lowest BCUT2D eigenvalue weighted by Crippen LogP contribution is -2.23. The lowest BCUT2D eigenvalue weighted by atomic mass is 9.88. The first-order valence-corrected chi connectivity index (χ1v) is 15.8. The molecule has 44 heavy (non-hydrogen) atoms. The Kier molecular flexibility index (Phi) is 13.3. The second-order valence-corrected chi connectivity index (χ2v) is 16.5. The average Bonchev–Trinajstić information content (AvgIpc) is 3.51. The van der Waals surface area contributed by atoms with Crippen molar-refractivity contribution in [2.24, 2.45) is 21.1 Å². The van der Waals surface area contributed by atoms with Crippen molar-refractivity contribution in [1.82, 2.24) is 28.9 Å². The highest BCUT2D eigenvalue weighted by atomic mass is 32.1. The molecule has 0 saturated carbocycles. The van der Waals surface area contributed by atoms with Gasteiger partial charge in [-0.2, -0.15) is 5.10 Å². The maximum absolute atomic E-state index is 11.1. The Bertz CT molecular complexity index is 1460. The molecule has 0 fully saturated rings. The Morgan fingerprint density at radius 3 is 1.41 bits per heavy atom. The van der Waals surface area contributed by atoms with E-state index >= 15 is 0 Å². The van der Waals surface area contributed by atoms with Crippen molar-refractivity contribution in [2.75, 3.05) is 0 Å². The zero-order valence-corrected chi connectivity index (χ0v) is 30.8. The van der Waals surface area contributed by atoms with E-state index in [1.54, 1.807) is 42.3 Å². The summed E-state index contributed by atoms with van der Waals surface area (Å²) in [5.74, 6) is 0. The standard InChI is InChI=1S/C10H15NO.C9H14N2O.C8H14N2.C8H13NS/c1-10(2,3)8-5-6-9(12)11(4)7-8;1-9(2,3)7-5-10-8(12)11(4)6-7;1-8(2,3)7-5-9-10(4)6-7;1-6-9-5-7(10-6)8(2,3)4/h5-7H,1-4H3;5-6H,1-4H3;5-6H,1-4H3;5H,1-4H3. The van der Waals surface area contributed by atoms with Gasteiger partial charge >= 0.3 is 5.69 Å². The Labute approximate surface area is 269 Å². The quantitative estimate of drug-likeness (QED) is 0.206. The van der Waals surface area contributed by atoms with Crippen LogP contribution in [-0.2, 0) is 42.8 Å². The van der Waals surface area contributed by atoms with Gasteiger partial charge in [-0.15, -0.1) is 11.3 Å². The van der Waals surface area contributed by atoms with Crippen LogP contribution in [0.2, 0.25) is 0 Å². The van der Waals surface area contributed by atoms with Gasteiger partial charge in [0, 0.05) is 63.1 Å². The molecule has 8 nitrogen and oxygen atoms in total. The molecule has 0 bridgehead atoms. The molecule has 9 heteroatoms. The number of rotatable bonds is 0. The van der Waals surface area contributed by atoms with Gasteiger partial charge in [0.25, 0.3) is 0 Å². The maximum Gasteiger partial charge on any atom is 0.347 e. The van der Waals surface area contributed by atoms with Crippen molar-refractivity contribution in [2.45, 2.75) is 112 Å². The number of nitrogens with zero attached hydrogens (tertiary/aromatic N) is 6. The van der Waals surface area contributed by atoms with Gasteiger partial charge in [-0.1, -0.05) is 89.2 Å². The summed E-state index contributed by atoms with van der Waals surface area (Å²) in [6, 6.07) is 3.50. The van der Waals surface area contributed by atoms with Crippen LogP contribution in [0.25, 0.3) is 0 Å².